The molecule has 0 amide bonds. The van der Waals surface area contributed by atoms with Crippen LogP contribution >= 0.6 is 24.0 Å². The average Bonchev–Trinajstić information content (AvgIpc) is 3.08. The van der Waals surface area contributed by atoms with Crippen LogP contribution in [-0.2, 0) is 13.1 Å². The van der Waals surface area contributed by atoms with Crippen LogP contribution in [0.15, 0.2) is 41.8 Å². The number of guanidine groups is 1. The smallest absolute Gasteiger partial charge is 0.213 e. The normalized spacial score (nSPS) is 10.8. The van der Waals surface area contributed by atoms with Gasteiger partial charge in [-0.05, 0) is 31.0 Å². The third kappa shape index (κ3) is 7.16. The van der Waals surface area contributed by atoms with Crippen LogP contribution in [0.5, 0.6) is 5.88 Å². The zero-order valence-corrected chi connectivity index (χ0v) is 16.4. The Morgan fingerprint density at radius 2 is 2.21 bits per heavy atom. The van der Waals surface area contributed by atoms with Crippen molar-refractivity contribution in [1.82, 2.24) is 25.4 Å². The molecule has 2 N–H and O–H groups in total. The van der Waals surface area contributed by atoms with Crippen molar-refractivity contribution in [2.24, 2.45) is 4.99 Å². The number of pyridine rings is 1. The van der Waals surface area contributed by atoms with Crippen molar-refractivity contribution < 1.29 is 4.74 Å². The number of aromatic nitrogens is 3. The summed E-state index contributed by atoms with van der Waals surface area (Å²) >= 11 is 0. The van der Waals surface area contributed by atoms with E-state index < -0.39 is 0 Å². The molecule has 2 aromatic rings. The highest BCUT2D eigenvalue weighted by Crippen LogP contribution is 2.08. The van der Waals surface area contributed by atoms with Crippen molar-refractivity contribution in [3.05, 3.63) is 42.4 Å². The second-order valence-corrected chi connectivity index (χ2v) is 4.91. The maximum Gasteiger partial charge on any atom is 0.213 e. The van der Waals surface area contributed by atoms with Gasteiger partial charge in [0.25, 0.3) is 0 Å². The van der Waals surface area contributed by atoms with Gasteiger partial charge >= 0.3 is 0 Å². The molecule has 2 heterocycles. The van der Waals surface area contributed by atoms with Gasteiger partial charge in [0.2, 0.25) is 5.88 Å². The molecule has 24 heavy (non-hydrogen) atoms. The van der Waals surface area contributed by atoms with Crippen LogP contribution in [0.25, 0.3) is 0 Å². The summed E-state index contributed by atoms with van der Waals surface area (Å²) in [6.07, 6.45) is 6.49. The molecule has 2 aromatic heterocycles. The Morgan fingerprint density at radius 3 is 2.92 bits per heavy atom. The summed E-state index contributed by atoms with van der Waals surface area (Å²) in [5.41, 5.74) is 1.10. The van der Waals surface area contributed by atoms with Crippen molar-refractivity contribution in [3.8, 4) is 5.88 Å². The lowest BCUT2D eigenvalue weighted by molar-refractivity contribution is 0.326. The average molecular weight is 444 g/mol. The van der Waals surface area contributed by atoms with Crippen LogP contribution in [-0.4, -0.2) is 40.9 Å². The molecule has 0 unspecified atom stereocenters. The summed E-state index contributed by atoms with van der Waals surface area (Å²) in [6, 6.07) is 5.82. The Bertz CT molecular complexity index is 602. The fourth-order valence-corrected chi connectivity index (χ4v) is 2.07. The first kappa shape index (κ1) is 20.2. The zero-order chi connectivity index (χ0) is 16.3. The fraction of sp³-hybridized carbons (Fsp3) is 0.438. The van der Waals surface area contributed by atoms with E-state index in [2.05, 4.69) is 25.7 Å². The minimum absolute atomic E-state index is 0. The maximum atomic E-state index is 5.40. The molecule has 0 saturated carbocycles. The second-order valence-electron chi connectivity index (χ2n) is 4.91. The number of halogens is 1. The van der Waals surface area contributed by atoms with E-state index in [0.717, 1.165) is 31.0 Å². The maximum absolute atomic E-state index is 5.40. The molecule has 0 fully saturated rings. The van der Waals surface area contributed by atoms with Crippen LogP contribution in [0, 0.1) is 0 Å². The largest absolute Gasteiger partial charge is 0.478 e. The first-order valence-corrected chi connectivity index (χ1v) is 7.81. The highest BCUT2D eigenvalue weighted by molar-refractivity contribution is 14.0. The SMILES string of the molecule is CCOc1cc(CNC(=NC)NCCCn2cccn2)ccn1.I. The Morgan fingerprint density at radius 1 is 1.33 bits per heavy atom. The summed E-state index contributed by atoms with van der Waals surface area (Å²) in [7, 11) is 1.76. The summed E-state index contributed by atoms with van der Waals surface area (Å²) in [5.74, 6) is 1.43. The van der Waals surface area contributed by atoms with E-state index in [1.54, 1.807) is 19.4 Å². The van der Waals surface area contributed by atoms with Gasteiger partial charge in [0, 0.05) is 51.3 Å². The quantitative estimate of drug-likeness (QED) is 0.282. The molecule has 0 bridgehead atoms. The van der Waals surface area contributed by atoms with Gasteiger partial charge in [0.1, 0.15) is 0 Å². The molecule has 0 saturated heterocycles. The van der Waals surface area contributed by atoms with E-state index in [4.69, 9.17) is 4.74 Å². The van der Waals surface area contributed by atoms with E-state index in [9.17, 15) is 0 Å². The second kappa shape index (κ2) is 11.7. The van der Waals surface area contributed by atoms with Crippen LogP contribution in [0.4, 0.5) is 0 Å². The number of rotatable bonds is 8. The van der Waals surface area contributed by atoms with Crippen LogP contribution in [0.2, 0.25) is 0 Å². The molecule has 8 heteroatoms. The monoisotopic (exact) mass is 444 g/mol. The third-order valence-corrected chi connectivity index (χ3v) is 3.19. The molecule has 132 valence electrons. The Labute approximate surface area is 159 Å². The van der Waals surface area contributed by atoms with Gasteiger partial charge in [-0.25, -0.2) is 4.98 Å². The number of hydrogen-bond donors (Lipinski definition) is 2. The summed E-state index contributed by atoms with van der Waals surface area (Å²) in [6.45, 7) is 4.95. The molecule has 0 spiro atoms. The number of nitrogens with one attached hydrogen (secondary N) is 2. The highest BCUT2D eigenvalue weighted by Gasteiger charge is 2.01. The van der Waals surface area contributed by atoms with Crippen molar-refractivity contribution >= 4 is 29.9 Å². The Hall–Kier alpha value is -1.84. The van der Waals surface area contributed by atoms with Crippen LogP contribution < -0.4 is 15.4 Å². The predicted octanol–water partition coefficient (Wildman–Crippen LogP) is 2.05. The van der Waals surface area contributed by atoms with Gasteiger partial charge in [-0.3, -0.25) is 9.67 Å². The third-order valence-electron chi connectivity index (χ3n) is 3.19. The van der Waals surface area contributed by atoms with Gasteiger partial charge in [0.15, 0.2) is 5.96 Å². The summed E-state index contributed by atoms with van der Waals surface area (Å²) < 4.78 is 7.32. The van der Waals surface area contributed by atoms with E-state index in [-0.39, 0.29) is 24.0 Å². The Kier molecular flexibility index (Phi) is 9.81. The van der Waals surface area contributed by atoms with Gasteiger partial charge < -0.3 is 15.4 Å². The summed E-state index contributed by atoms with van der Waals surface area (Å²) in [4.78, 5) is 8.38. The molecule has 0 atom stereocenters. The van der Waals surface area contributed by atoms with Gasteiger partial charge in [-0.2, -0.15) is 5.10 Å². The van der Waals surface area contributed by atoms with Crippen molar-refractivity contribution in [3.63, 3.8) is 0 Å². The number of aryl methyl sites for hydroxylation is 1. The number of aliphatic imine (C=N–C) groups is 1. The first-order valence-electron chi connectivity index (χ1n) is 7.81. The molecule has 0 aliphatic carbocycles. The van der Waals surface area contributed by atoms with E-state index >= 15 is 0 Å². The van der Waals surface area contributed by atoms with Gasteiger partial charge in [-0.15, -0.1) is 24.0 Å². The molecule has 0 radical (unpaired) electrons. The van der Waals surface area contributed by atoms with Gasteiger partial charge in [0.05, 0.1) is 6.61 Å². The van der Waals surface area contributed by atoms with E-state index in [1.165, 1.54) is 0 Å². The Balaban J connectivity index is 0.00000288. The topological polar surface area (TPSA) is 76.4 Å². The molecule has 0 aliphatic rings. The van der Waals surface area contributed by atoms with E-state index in [0.29, 0.717) is 19.0 Å². The molecule has 7 nitrogen and oxygen atoms in total. The lowest BCUT2D eigenvalue weighted by Gasteiger charge is -2.12. The standard InChI is InChI=1S/C16H24N6O.HI/c1-3-23-15-12-14(6-9-18-15)13-20-16(17-2)19-7-4-10-22-11-5-8-21-22;/h5-6,8-9,11-12H,3-4,7,10,13H2,1-2H3,(H2,17,19,20);1H. The lowest BCUT2D eigenvalue weighted by Crippen LogP contribution is -2.37. The minimum Gasteiger partial charge on any atom is -0.478 e. The molecular formula is C16H25IN6O. The zero-order valence-electron chi connectivity index (χ0n) is 14.1. The summed E-state index contributed by atoms with van der Waals surface area (Å²) in [5, 5.41) is 10.8. The van der Waals surface area contributed by atoms with Gasteiger partial charge in [-0.1, -0.05) is 0 Å². The highest BCUT2D eigenvalue weighted by atomic mass is 127. The van der Waals surface area contributed by atoms with Crippen molar-refractivity contribution in [2.45, 2.75) is 26.4 Å². The fourth-order valence-electron chi connectivity index (χ4n) is 2.07. The number of hydrogen-bond acceptors (Lipinski definition) is 4. The van der Waals surface area contributed by atoms with Crippen LogP contribution in [0.1, 0.15) is 18.9 Å². The molecular weight excluding hydrogens is 419 g/mol. The van der Waals surface area contributed by atoms with Crippen molar-refractivity contribution in [2.75, 3.05) is 20.2 Å². The molecule has 0 aliphatic heterocycles. The lowest BCUT2D eigenvalue weighted by atomic mass is 10.2. The molecule has 2 rings (SSSR count). The van der Waals surface area contributed by atoms with Crippen LogP contribution in [0.3, 0.4) is 0 Å². The molecule has 0 aromatic carbocycles. The number of nitrogens with zero attached hydrogens (tertiary/aromatic N) is 4. The minimum atomic E-state index is 0. The van der Waals surface area contributed by atoms with E-state index in [1.807, 2.05) is 36.0 Å². The first-order chi connectivity index (χ1) is 11.3. The van der Waals surface area contributed by atoms with Crippen molar-refractivity contribution in [1.29, 1.82) is 0 Å². The predicted molar refractivity (Wildman–Crippen MR) is 106 cm³/mol. The number of ether oxygens (including phenoxy) is 1.